The van der Waals surface area contributed by atoms with Crippen LogP contribution in [0, 0.1) is 6.92 Å². The van der Waals surface area contributed by atoms with E-state index in [9.17, 15) is 4.79 Å². The molecule has 1 aliphatic carbocycles. The molecule has 0 spiro atoms. The zero-order valence-electron chi connectivity index (χ0n) is 9.16. The van der Waals surface area contributed by atoms with Crippen LogP contribution in [0.1, 0.15) is 41.9 Å². The van der Waals surface area contributed by atoms with Crippen molar-refractivity contribution in [2.75, 3.05) is 5.32 Å². The molecule has 0 aromatic carbocycles. The van der Waals surface area contributed by atoms with E-state index in [4.69, 9.17) is 11.6 Å². The molecule has 86 valence electrons. The topological polar surface area (TPSA) is 54.9 Å². The van der Waals surface area contributed by atoms with Gasteiger partial charge in [-0.15, -0.1) is 0 Å². The smallest absolute Gasteiger partial charge is 0.156 e. The van der Waals surface area contributed by atoms with Gasteiger partial charge in [0.25, 0.3) is 0 Å². The lowest BCUT2D eigenvalue weighted by Crippen LogP contribution is -2.17. The van der Waals surface area contributed by atoms with Crippen molar-refractivity contribution in [1.82, 2.24) is 9.97 Å². The number of carbonyl (C=O) groups is 1. The summed E-state index contributed by atoms with van der Waals surface area (Å²) in [6.07, 6.45) is 5.41. The summed E-state index contributed by atoms with van der Waals surface area (Å²) in [4.78, 5) is 19.1. The van der Waals surface area contributed by atoms with E-state index in [1.165, 1.54) is 12.8 Å². The first-order valence-corrected chi connectivity index (χ1v) is 5.84. The van der Waals surface area contributed by atoms with Crippen molar-refractivity contribution in [2.45, 2.75) is 38.6 Å². The predicted molar refractivity (Wildman–Crippen MR) is 63.0 cm³/mol. The normalized spacial score (nSPS) is 16.4. The van der Waals surface area contributed by atoms with Gasteiger partial charge >= 0.3 is 0 Å². The molecule has 0 saturated heterocycles. The second kappa shape index (κ2) is 4.78. The highest BCUT2D eigenvalue weighted by Gasteiger charge is 2.18. The number of aromatic nitrogens is 2. The lowest BCUT2D eigenvalue weighted by Gasteiger charge is -2.14. The second-order valence-corrected chi connectivity index (χ2v) is 4.43. The number of nitrogens with one attached hydrogen (secondary N) is 1. The monoisotopic (exact) mass is 239 g/mol. The minimum absolute atomic E-state index is 0.225. The van der Waals surface area contributed by atoms with Gasteiger partial charge < -0.3 is 5.32 Å². The van der Waals surface area contributed by atoms with E-state index >= 15 is 0 Å². The molecule has 1 aromatic rings. The molecule has 16 heavy (non-hydrogen) atoms. The number of aldehydes is 1. The molecule has 0 unspecified atom stereocenters. The van der Waals surface area contributed by atoms with Crippen LogP contribution in [0.2, 0.25) is 5.15 Å². The molecule has 1 fully saturated rings. The summed E-state index contributed by atoms with van der Waals surface area (Å²) in [6.45, 7) is 1.76. The van der Waals surface area contributed by atoms with Crippen LogP contribution in [-0.4, -0.2) is 22.3 Å². The number of anilines is 1. The van der Waals surface area contributed by atoms with Crippen LogP contribution in [0.4, 0.5) is 5.82 Å². The number of hydrogen-bond donors (Lipinski definition) is 1. The van der Waals surface area contributed by atoms with Gasteiger partial charge in [0, 0.05) is 6.04 Å². The van der Waals surface area contributed by atoms with E-state index in [1.807, 2.05) is 0 Å². The third-order valence-electron chi connectivity index (χ3n) is 2.82. The zero-order chi connectivity index (χ0) is 11.5. The standard InChI is InChI=1S/C11H14ClN3O/c1-7-13-10(12)9(6-16)11(14-7)15-8-4-2-3-5-8/h6,8H,2-5H2,1H3,(H,13,14,15). The molecule has 1 N–H and O–H groups in total. The summed E-state index contributed by atoms with van der Waals surface area (Å²) in [5, 5.41) is 3.50. The quantitative estimate of drug-likeness (QED) is 0.651. The fraction of sp³-hybridized carbons (Fsp3) is 0.545. The third kappa shape index (κ3) is 2.32. The van der Waals surface area contributed by atoms with Gasteiger partial charge in [0.05, 0.1) is 5.56 Å². The SMILES string of the molecule is Cc1nc(Cl)c(C=O)c(NC2CCCC2)n1. The molecule has 5 heteroatoms. The largest absolute Gasteiger partial charge is 0.367 e. The van der Waals surface area contributed by atoms with Crippen LogP contribution >= 0.6 is 11.6 Å². The Hall–Kier alpha value is -1.16. The fourth-order valence-electron chi connectivity index (χ4n) is 2.02. The summed E-state index contributed by atoms with van der Waals surface area (Å²) in [5.41, 5.74) is 0.360. The van der Waals surface area contributed by atoms with Gasteiger partial charge in [0.15, 0.2) is 6.29 Å². The van der Waals surface area contributed by atoms with Gasteiger partial charge in [-0.05, 0) is 19.8 Å². The number of hydrogen-bond acceptors (Lipinski definition) is 4. The van der Waals surface area contributed by atoms with E-state index < -0.39 is 0 Å². The molecule has 1 aliphatic rings. The molecular formula is C11H14ClN3O. The summed E-state index contributed by atoms with van der Waals surface area (Å²) in [5.74, 6) is 1.15. The van der Waals surface area contributed by atoms with E-state index in [1.54, 1.807) is 6.92 Å². The van der Waals surface area contributed by atoms with Crippen LogP contribution in [0.3, 0.4) is 0 Å². The summed E-state index contributed by atoms with van der Waals surface area (Å²) in [7, 11) is 0. The Morgan fingerprint density at radius 3 is 2.69 bits per heavy atom. The summed E-state index contributed by atoms with van der Waals surface area (Å²) >= 11 is 5.90. The van der Waals surface area contributed by atoms with Gasteiger partial charge in [0.1, 0.15) is 16.8 Å². The van der Waals surface area contributed by atoms with Gasteiger partial charge in [-0.25, -0.2) is 9.97 Å². The van der Waals surface area contributed by atoms with Gasteiger partial charge in [-0.1, -0.05) is 24.4 Å². The average Bonchev–Trinajstić information content (AvgIpc) is 2.70. The first-order valence-electron chi connectivity index (χ1n) is 5.46. The summed E-state index contributed by atoms with van der Waals surface area (Å²) < 4.78 is 0. The van der Waals surface area contributed by atoms with Crippen LogP contribution in [0.15, 0.2) is 0 Å². The first-order chi connectivity index (χ1) is 7.70. The van der Waals surface area contributed by atoms with Crippen molar-refractivity contribution in [3.8, 4) is 0 Å². The van der Waals surface area contributed by atoms with E-state index in [0.29, 0.717) is 29.5 Å². The molecular weight excluding hydrogens is 226 g/mol. The predicted octanol–water partition coefficient (Wildman–Crippen LogP) is 2.61. The molecule has 4 nitrogen and oxygen atoms in total. The maximum Gasteiger partial charge on any atom is 0.156 e. The van der Waals surface area contributed by atoms with E-state index in [0.717, 1.165) is 12.8 Å². The molecule has 0 bridgehead atoms. The Labute approximate surface area is 99.4 Å². The van der Waals surface area contributed by atoms with Crippen LogP contribution in [0.5, 0.6) is 0 Å². The van der Waals surface area contributed by atoms with Gasteiger partial charge in [0.2, 0.25) is 0 Å². The molecule has 0 aliphatic heterocycles. The molecule has 0 atom stereocenters. The number of nitrogens with zero attached hydrogens (tertiary/aromatic N) is 2. The fourth-order valence-corrected chi connectivity index (χ4v) is 2.28. The van der Waals surface area contributed by atoms with E-state index in [2.05, 4.69) is 15.3 Å². The Kier molecular flexibility index (Phi) is 3.39. The first kappa shape index (κ1) is 11.3. The summed E-state index contributed by atoms with van der Waals surface area (Å²) in [6, 6.07) is 0.407. The van der Waals surface area contributed by atoms with E-state index in [-0.39, 0.29) is 5.15 Å². The van der Waals surface area contributed by atoms with Crippen molar-refractivity contribution in [1.29, 1.82) is 0 Å². The van der Waals surface area contributed by atoms with Crippen molar-refractivity contribution in [3.05, 3.63) is 16.5 Å². The molecule has 1 aromatic heterocycles. The minimum Gasteiger partial charge on any atom is -0.367 e. The minimum atomic E-state index is 0.225. The maximum atomic E-state index is 10.9. The molecule has 2 rings (SSSR count). The average molecular weight is 240 g/mol. The highest BCUT2D eigenvalue weighted by Crippen LogP contribution is 2.25. The van der Waals surface area contributed by atoms with Crippen LogP contribution in [0.25, 0.3) is 0 Å². The van der Waals surface area contributed by atoms with Crippen molar-refractivity contribution in [2.24, 2.45) is 0 Å². The number of aryl methyl sites for hydroxylation is 1. The maximum absolute atomic E-state index is 10.9. The Bertz CT molecular complexity index is 402. The van der Waals surface area contributed by atoms with Crippen molar-refractivity contribution < 1.29 is 4.79 Å². The van der Waals surface area contributed by atoms with Crippen LogP contribution in [-0.2, 0) is 0 Å². The zero-order valence-corrected chi connectivity index (χ0v) is 9.92. The lowest BCUT2D eigenvalue weighted by molar-refractivity contribution is 0.112. The van der Waals surface area contributed by atoms with Crippen LogP contribution < -0.4 is 5.32 Å². The molecule has 1 saturated carbocycles. The number of rotatable bonds is 3. The molecule has 0 radical (unpaired) electrons. The van der Waals surface area contributed by atoms with Crippen molar-refractivity contribution in [3.63, 3.8) is 0 Å². The highest BCUT2D eigenvalue weighted by atomic mass is 35.5. The van der Waals surface area contributed by atoms with Crippen molar-refractivity contribution >= 4 is 23.7 Å². The lowest BCUT2D eigenvalue weighted by atomic mass is 10.2. The van der Waals surface area contributed by atoms with Gasteiger partial charge in [-0.2, -0.15) is 0 Å². The number of halogens is 1. The highest BCUT2D eigenvalue weighted by molar-refractivity contribution is 6.32. The Morgan fingerprint density at radius 2 is 2.06 bits per heavy atom. The second-order valence-electron chi connectivity index (χ2n) is 4.07. The molecule has 1 heterocycles. The number of carbonyl (C=O) groups excluding carboxylic acids is 1. The van der Waals surface area contributed by atoms with Gasteiger partial charge in [-0.3, -0.25) is 4.79 Å². The third-order valence-corrected chi connectivity index (χ3v) is 3.11. The molecule has 0 amide bonds. The Balaban J connectivity index is 2.26. The Morgan fingerprint density at radius 1 is 1.38 bits per heavy atom.